The van der Waals surface area contributed by atoms with Crippen molar-refractivity contribution in [2.24, 2.45) is 5.73 Å². The Morgan fingerprint density at radius 1 is 1.19 bits per heavy atom. The number of hydrogen-bond acceptors (Lipinski definition) is 2. The average molecular weight is 237 g/mol. The van der Waals surface area contributed by atoms with Gasteiger partial charge < -0.3 is 10.5 Å². The molecule has 0 heterocycles. The molecule has 0 bridgehead atoms. The molecule has 16 heavy (non-hydrogen) atoms. The van der Waals surface area contributed by atoms with Gasteiger partial charge in [-0.1, -0.05) is 29.9 Å². The number of rotatable bonds is 3. The van der Waals surface area contributed by atoms with Crippen LogP contribution in [0.15, 0.2) is 12.1 Å². The van der Waals surface area contributed by atoms with Crippen LogP contribution in [0.4, 0.5) is 0 Å². The predicted molar refractivity (Wildman–Crippen MR) is 72.1 cm³/mol. The second-order valence-corrected chi connectivity index (χ2v) is 5.14. The van der Waals surface area contributed by atoms with Gasteiger partial charge in [-0.15, -0.1) is 0 Å². The highest BCUT2D eigenvalue weighted by molar-refractivity contribution is 7.80. The van der Waals surface area contributed by atoms with Gasteiger partial charge in [0.05, 0.1) is 0 Å². The predicted octanol–water partition coefficient (Wildman–Crippen LogP) is 3.06. The minimum atomic E-state index is -0.611. The van der Waals surface area contributed by atoms with E-state index in [1.165, 1.54) is 5.56 Å². The second kappa shape index (κ2) is 4.42. The zero-order chi connectivity index (χ0) is 12.5. The van der Waals surface area contributed by atoms with Crippen molar-refractivity contribution >= 4 is 17.2 Å². The standard InChI is InChI=1S/C13H19NOS/c1-8-6-9(2)11(10(3)7-8)15-13(4,5)12(14)16/h6-7H,1-5H3,(H2,14,16). The molecular formula is C13H19NOS. The van der Waals surface area contributed by atoms with Crippen LogP contribution < -0.4 is 10.5 Å². The Balaban J connectivity index is 3.11. The van der Waals surface area contributed by atoms with Gasteiger partial charge in [0.1, 0.15) is 10.7 Å². The minimum Gasteiger partial charge on any atom is -0.480 e. The van der Waals surface area contributed by atoms with Crippen molar-refractivity contribution in [2.75, 3.05) is 0 Å². The van der Waals surface area contributed by atoms with E-state index < -0.39 is 5.60 Å². The minimum absolute atomic E-state index is 0.367. The first-order valence-corrected chi connectivity index (χ1v) is 5.71. The van der Waals surface area contributed by atoms with Gasteiger partial charge in [-0.25, -0.2) is 0 Å². The molecule has 0 aromatic heterocycles. The van der Waals surface area contributed by atoms with Gasteiger partial charge in [0.15, 0.2) is 5.60 Å². The molecule has 0 saturated heterocycles. The van der Waals surface area contributed by atoms with Gasteiger partial charge in [0.2, 0.25) is 0 Å². The second-order valence-electron chi connectivity index (χ2n) is 4.70. The van der Waals surface area contributed by atoms with E-state index in [1.807, 2.05) is 27.7 Å². The molecule has 0 aliphatic carbocycles. The molecule has 0 atom stereocenters. The molecule has 0 aliphatic rings. The summed E-state index contributed by atoms with van der Waals surface area (Å²) in [5, 5.41) is 0. The van der Waals surface area contributed by atoms with Crippen LogP contribution in [0.3, 0.4) is 0 Å². The van der Waals surface area contributed by atoms with E-state index in [4.69, 9.17) is 22.7 Å². The summed E-state index contributed by atoms with van der Waals surface area (Å²) in [5.41, 5.74) is 8.50. The highest BCUT2D eigenvalue weighted by atomic mass is 32.1. The van der Waals surface area contributed by atoms with E-state index in [1.54, 1.807) is 0 Å². The monoisotopic (exact) mass is 237 g/mol. The Morgan fingerprint density at radius 2 is 1.62 bits per heavy atom. The first-order chi connectivity index (χ1) is 7.24. The highest BCUT2D eigenvalue weighted by Crippen LogP contribution is 2.28. The molecule has 1 aromatic rings. The van der Waals surface area contributed by atoms with E-state index >= 15 is 0 Å². The number of thiocarbonyl (C=S) groups is 1. The van der Waals surface area contributed by atoms with Gasteiger partial charge in [-0.05, 0) is 45.7 Å². The van der Waals surface area contributed by atoms with Crippen LogP contribution >= 0.6 is 12.2 Å². The lowest BCUT2D eigenvalue weighted by atomic mass is 10.1. The zero-order valence-electron chi connectivity index (χ0n) is 10.5. The Hall–Kier alpha value is -1.09. The van der Waals surface area contributed by atoms with Crippen LogP contribution in [0.5, 0.6) is 5.75 Å². The van der Waals surface area contributed by atoms with E-state index in [0.29, 0.717) is 4.99 Å². The van der Waals surface area contributed by atoms with Crippen molar-refractivity contribution in [3.8, 4) is 5.75 Å². The maximum atomic E-state index is 5.91. The summed E-state index contributed by atoms with van der Waals surface area (Å²) in [6.45, 7) is 9.90. The summed E-state index contributed by atoms with van der Waals surface area (Å²) < 4.78 is 5.91. The smallest absolute Gasteiger partial charge is 0.153 e. The first-order valence-electron chi connectivity index (χ1n) is 5.31. The van der Waals surface area contributed by atoms with Gasteiger partial charge in [0.25, 0.3) is 0 Å². The van der Waals surface area contributed by atoms with Crippen LogP contribution in [0.2, 0.25) is 0 Å². The lowest BCUT2D eigenvalue weighted by Crippen LogP contribution is -2.42. The molecule has 0 fully saturated rings. The fraction of sp³-hybridized carbons (Fsp3) is 0.462. The number of ether oxygens (including phenoxy) is 1. The summed E-state index contributed by atoms with van der Waals surface area (Å²) in [6, 6.07) is 4.19. The van der Waals surface area contributed by atoms with Crippen molar-refractivity contribution in [3.63, 3.8) is 0 Å². The van der Waals surface area contributed by atoms with Crippen molar-refractivity contribution in [3.05, 3.63) is 28.8 Å². The fourth-order valence-corrected chi connectivity index (χ4v) is 1.67. The third-order valence-corrected chi connectivity index (χ3v) is 3.05. The molecule has 2 N–H and O–H groups in total. The molecular weight excluding hydrogens is 218 g/mol. The molecule has 3 heteroatoms. The third-order valence-electron chi connectivity index (χ3n) is 2.56. The Bertz CT molecular complexity index is 401. The van der Waals surface area contributed by atoms with Crippen LogP contribution in [-0.2, 0) is 0 Å². The molecule has 0 aliphatic heterocycles. The molecule has 1 aromatic carbocycles. The molecule has 88 valence electrons. The molecule has 0 amide bonds. The number of nitrogens with two attached hydrogens (primary N) is 1. The maximum absolute atomic E-state index is 5.91. The Kier molecular flexibility index (Phi) is 3.58. The van der Waals surface area contributed by atoms with Crippen LogP contribution in [0.25, 0.3) is 0 Å². The number of aryl methyl sites for hydroxylation is 3. The number of benzene rings is 1. The van der Waals surface area contributed by atoms with E-state index in [2.05, 4.69) is 19.1 Å². The van der Waals surface area contributed by atoms with E-state index in [9.17, 15) is 0 Å². The molecule has 0 radical (unpaired) electrons. The van der Waals surface area contributed by atoms with Crippen LogP contribution in [0.1, 0.15) is 30.5 Å². The summed E-state index contributed by atoms with van der Waals surface area (Å²) in [7, 11) is 0. The number of hydrogen-bond donors (Lipinski definition) is 1. The van der Waals surface area contributed by atoms with Crippen molar-refractivity contribution in [1.82, 2.24) is 0 Å². The molecule has 0 spiro atoms. The van der Waals surface area contributed by atoms with Gasteiger partial charge in [0, 0.05) is 0 Å². The van der Waals surface area contributed by atoms with Crippen LogP contribution in [-0.4, -0.2) is 10.6 Å². The summed E-state index contributed by atoms with van der Waals surface area (Å²) >= 11 is 5.00. The first kappa shape index (κ1) is 13.0. The largest absolute Gasteiger partial charge is 0.480 e. The summed E-state index contributed by atoms with van der Waals surface area (Å²) in [5.74, 6) is 0.878. The van der Waals surface area contributed by atoms with Gasteiger partial charge in [-0.2, -0.15) is 0 Å². The zero-order valence-corrected chi connectivity index (χ0v) is 11.4. The van der Waals surface area contributed by atoms with E-state index in [-0.39, 0.29) is 0 Å². The van der Waals surface area contributed by atoms with Crippen LogP contribution in [0, 0.1) is 20.8 Å². The topological polar surface area (TPSA) is 35.2 Å². The summed E-state index contributed by atoms with van der Waals surface area (Å²) in [6.07, 6.45) is 0. The quantitative estimate of drug-likeness (QED) is 0.821. The fourth-order valence-electron chi connectivity index (χ4n) is 1.63. The summed E-state index contributed by atoms with van der Waals surface area (Å²) in [4.78, 5) is 0.367. The van der Waals surface area contributed by atoms with Crippen molar-refractivity contribution in [1.29, 1.82) is 0 Å². The Labute approximate surface area is 103 Å². The Morgan fingerprint density at radius 3 is 2.00 bits per heavy atom. The van der Waals surface area contributed by atoms with E-state index in [0.717, 1.165) is 16.9 Å². The van der Waals surface area contributed by atoms with Crippen molar-refractivity contribution in [2.45, 2.75) is 40.2 Å². The average Bonchev–Trinajstić information content (AvgIpc) is 2.11. The normalized spacial score (nSPS) is 11.3. The SMILES string of the molecule is Cc1cc(C)c(OC(C)(C)C(N)=S)c(C)c1. The highest BCUT2D eigenvalue weighted by Gasteiger charge is 2.24. The van der Waals surface area contributed by atoms with Crippen molar-refractivity contribution < 1.29 is 4.74 Å². The lowest BCUT2D eigenvalue weighted by Gasteiger charge is -2.27. The maximum Gasteiger partial charge on any atom is 0.153 e. The molecule has 0 unspecified atom stereocenters. The van der Waals surface area contributed by atoms with Gasteiger partial charge in [-0.3, -0.25) is 0 Å². The molecule has 0 saturated carbocycles. The lowest BCUT2D eigenvalue weighted by molar-refractivity contribution is 0.181. The molecule has 2 nitrogen and oxygen atoms in total. The van der Waals surface area contributed by atoms with Gasteiger partial charge >= 0.3 is 0 Å². The molecule has 1 rings (SSSR count). The third kappa shape index (κ3) is 2.73.